The first kappa shape index (κ1) is 18.1. The lowest BCUT2D eigenvalue weighted by Crippen LogP contribution is -2.30. The van der Waals surface area contributed by atoms with Crippen LogP contribution in [0.1, 0.15) is 13.8 Å². The van der Waals surface area contributed by atoms with Crippen LogP contribution in [0.2, 0.25) is 0 Å². The third kappa shape index (κ3) is 2.57. The molecule has 0 spiro atoms. The molecule has 0 aliphatic rings. The molecule has 0 saturated heterocycles. The number of rotatable bonds is 4. The molecule has 0 radical (unpaired) electrons. The minimum atomic E-state index is 0.951. The second-order valence-electron chi connectivity index (χ2n) is 7.40. The van der Waals surface area contributed by atoms with Gasteiger partial charge in [0.15, 0.2) is 22.1 Å². The quantitative estimate of drug-likeness (QED) is 0.389. The molecule has 0 saturated carbocycles. The average Bonchev–Trinajstić information content (AvgIpc) is 3.41. The molecule has 0 fully saturated rings. The molecule has 0 aliphatic heterocycles. The maximum atomic E-state index is 2.42. The van der Waals surface area contributed by atoms with Crippen molar-refractivity contribution in [3.63, 3.8) is 0 Å². The molecule has 3 aromatic heterocycles. The topological polar surface area (TPSA) is 17.6 Å². The van der Waals surface area contributed by atoms with E-state index in [0.29, 0.717) is 0 Å². The molecule has 5 rings (SSSR count). The van der Waals surface area contributed by atoms with Crippen LogP contribution in [0.15, 0.2) is 60.7 Å². The van der Waals surface area contributed by atoms with Gasteiger partial charge in [-0.15, -0.1) is 11.3 Å². The molecule has 5 heteroatoms. The molecular formula is C24H26N4S+2. The van der Waals surface area contributed by atoms with E-state index in [9.17, 15) is 0 Å². The number of nitrogens with zero attached hydrogens (tertiary/aromatic N) is 4. The van der Waals surface area contributed by atoms with Gasteiger partial charge >= 0.3 is 0 Å². The highest BCUT2D eigenvalue weighted by molar-refractivity contribution is 7.18. The number of thiophene rings is 1. The van der Waals surface area contributed by atoms with Crippen LogP contribution in [0.25, 0.3) is 43.5 Å². The van der Waals surface area contributed by atoms with Crippen LogP contribution in [0.5, 0.6) is 0 Å². The highest BCUT2D eigenvalue weighted by Crippen LogP contribution is 2.35. The third-order valence-electron chi connectivity index (χ3n) is 5.89. The fourth-order valence-corrected chi connectivity index (χ4v) is 5.77. The Balaban J connectivity index is 1.73. The van der Waals surface area contributed by atoms with Gasteiger partial charge in [0.1, 0.15) is 9.75 Å². The minimum Gasteiger partial charge on any atom is -0.225 e. The SMILES string of the molecule is CCn1c(-c2ccc(-c3n(CC)c4ccccc4[n+]3C)s2)[n+](C)c2ccccc21. The number of hydrogen-bond donors (Lipinski definition) is 0. The van der Waals surface area contributed by atoms with Crippen LogP contribution < -0.4 is 9.13 Å². The van der Waals surface area contributed by atoms with E-state index < -0.39 is 0 Å². The molecule has 0 N–H and O–H groups in total. The van der Waals surface area contributed by atoms with Gasteiger partial charge in [-0.2, -0.15) is 0 Å². The summed E-state index contributed by atoms with van der Waals surface area (Å²) in [6.45, 7) is 6.35. The average molecular weight is 403 g/mol. The van der Waals surface area contributed by atoms with E-state index in [2.05, 4.69) is 107 Å². The lowest BCUT2D eigenvalue weighted by molar-refractivity contribution is -0.634. The molecule has 2 aromatic carbocycles. The van der Waals surface area contributed by atoms with E-state index in [1.807, 2.05) is 11.3 Å². The van der Waals surface area contributed by atoms with Crippen molar-refractivity contribution >= 4 is 33.4 Å². The summed E-state index contributed by atoms with van der Waals surface area (Å²) in [5.74, 6) is 2.54. The zero-order valence-corrected chi connectivity index (χ0v) is 18.2. The molecule has 0 bridgehead atoms. The number of benzene rings is 2. The summed E-state index contributed by atoms with van der Waals surface area (Å²) < 4.78 is 9.48. The first-order chi connectivity index (χ1) is 14.2. The molecule has 146 valence electrons. The van der Waals surface area contributed by atoms with Gasteiger partial charge < -0.3 is 0 Å². The minimum absolute atomic E-state index is 0.951. The highest BCUT2D eigenvalue weighted by Gasteiger charge is 2.28. The Bertz CT molecular complexity index is 1250. The Hall–Kier alpha value is -2.92. The van der Waals surface area contributed by atoms with E-state index >= 15 is 0 Å². The van der Waals surface area contributed by atoms with Crippen LogP contribution in [0.4, 0.5) is 0 Å². The number of hydrogen-bond acceptors (Lipinski definition) is 1. The molecule has 0 amide bonds. The summed E-state index contributed by atoms with van der Waals surface area (Å²) >= 11 is 1.87. The zero-order chi connectivity index (χ0) is 20.1. The normalized spacial score (nSPS) is 11.7. The van der Waals surface area contributed by atoms with Gasteiger partial charge in [0, 0.05) is 0 Å². The fourth-order valence-electron chi connectivity index (χ4n) is 4.59. The van der Waals surface area contributed by atoms with Crippen molar-refractivity contribution in [3.05, 3.63) is 60.7 Å². The van der Waals surface area contributed by atoms with E-state index in [1.54, 1.807) is 0 Å². The maximum Gasteiger partial charge on any atom is 0.299 e. The molecule has 3 heterocycles. The van der Waals surface area contributed by atoms with Crippen LogP contribution >= 0.6 is 11.3 Å². The summed E-state index contributed by atoms with van der Waals surface area (Å²) in [5.41, 5.74) is 5.12. The van der Waals surface area contributed by atoms with Gasteiger partial charge in [-0.1, -0.05) is 24.3 Å². The predicted octanol–water partition coefficient (Wildman–Crippen LogP) is 4.68. The van der Waals surface area contributed by atoms with Crippen molar-refractivity contribution < 1.29 is 9.13 Å². The van der Waals surface area contributed by atoms with Gasteiger partial charge in [-0.25, -0.2) is 18.3 Å². The maximum absolute atomic E-state index is 2.42. The second kappa shape index (κ2) is 6.85. The number of aromatic nitrogens is 4. The Labute approximate surface area is 174 Å². The van der Waals surface area contributed by atoms with Gasteiger partial charge in [-0.05, 0) is 50.2 Å². The van der Waals surface area contributed by atoms with Crippen LogP contribution in [-0.2, 0) is 27.2 Å². The van der Waals surface area contributed by atoms with E-state index in [0.717, 1.165) is 13.1 Å². The zero-order valence-electron chi connectivity index (χ0n) is 17.4. The second-order valence-corrected chi connectivity index (χ2v) is 8.48. The Morgan fingerprint density at radius 3 is 1.48 bits per heavy atom. The first-order valence-corrected chi connectivity index (χ1v) is 11.0. The summed E-state index contributed by atoms with van der Waals surface area (Å²) in [7, 11) is 4.35. The number of fused-ring (bicyclic) bond motifs is 2. The largest absolute Gasteiger partial charge is 0.299 e. The van der Waals surface area contributed by atoms with Gasteiger partial charge in [0.05, 0.1) is 27.2 Å². The summed E-state index contributed by atoms with van der Waals surface area (Å²) in [6.07, 6.45) is 0. The van der Waals surface area contributed by atoms with Crippen LogP contribution in [0, 0.1) is 0 Å². The van der Waals surface area contributed by atoms with E-state index in [1.165, 1.54) is 43.5 Å². The Morgan fingerprint density at radius 2 is 1.07 bits per heavy atom. The van der Waals surface area contributed by atoms with Crippen molar-refractivity contribution in [2.45, 2.75) is 26.9 Å². The monoisotopic (exact) mass is 402 g/mol. The predicted molar refractivity (Wildman–Crippen MR) is 120 cm³/mol. The fraction of sp³-hybridized carbons (Fsp3) is 0.250. The molecule has 29 heavy (non-hydrogen) atoms. The summed E-state index contributed by atoms with van der Waals surface area (Å²) in [5, 5.41) is 0. The molecule has 0 atom stereocenters. The standard InChI is InChI=1S/C24H26N4S/c1-5-27-19-13-9-7-11-17(19)25(3)23(27)21-15-16-22(29-21)24-26(4)18-12-8-10-14-20(18)28(24)6-2/h7-16H,5-6H2,1-4H3/q+2. The molecule has 5 aromatic rings. The number of aryl methyl sites for hydroxylation is 4. The number of imidazole rings is 2. The van der Waals surface area contributed by atoms with Crippen LogP contribution in [0.3, 0.4) is 0 Å². The molecular weight excluding hydrogens is 376 g/mol. The molecule has 0 unspecified atom stereocenters. The Kier molecular flexibility index (Phi) is 4.28. The van der Waals surface area contributed by atoms with Crippen LogP contribution in [-0.4, -0.2) is 9.13 Å². The lowest BCUT2D eigenvalue weighted by Gasteiger charge is -1.99. The number of para-hydroxylation sites is 4. The van der Waals surface area contributed by atoms with E-state index in [-0.39, 0.29) is 0 Å². The first-order valence-electron chi connectivity index (χ1n) is 10.2. The van der Waals surface area contributed by atoms with Gasteiger partial charge in [0.25, 0.3) is 11.6 Å². The molecule has 0 aliphatic carbocycles. The third-order valence-corrected chi connectivity index (χ3v) is 6.97. The summed E-state index contributed by atoms with van der Waals surface area (Å²) in [4.78, 5) is 2.60. The smallest absolute Gasteiger partial charge is 0.225 e. The van der Waals surface area contributed by atoms with Gasteiger partial charge in [-0.3, -0.25) is 0 Å². The van der Waals surface area contributed by atoms with Crippen molar-refractivity contribution in [3.8, 4) is 21.4 Å². The molecule has 4 nitrogen and oxygen atoms in total. The Morgan fingerprint density at radius 1 is 0.655 bits per heavy atom. The summed E-state index contributed by atoms with van der Waals surface area (Å²) in [6, 6.07) is 21.9. The van der Waals surface area contributed by atoms with Gasteiger partial charge in [0.2, 0.25) is 0 Å². The van der Waals surface area contributed by atoms with Crippen molar-refractivity contribution in [1.29, 1.82) is 0 Å². The van der Waals surface area contributed by atoms with E-state index in [4.69, 9.17) is 0 Å². The van der Waals surface area contributed by atoms with Crippen molar-refractivity contribution in [2.24, 2.45) is 14.1 Å². The van der Waals surface area contributed by atoms with Crippen molar-refractivity contribution in [2.75, 3.05) is 0 Å². The van der Waals surface area contributed by atoms with Crippen molar-refractivity contribution in [1.82, 2.24) is 9.13 Å². The lowest BCUT2D eigenvalue weighted by atomic mass is 10.3. The highest BCUT2D eigenvalue weighted by atomic mass is 32.1.